The molecular weight excluding hydrogens is 220 g/mol. The van der Waals surface area contributed by atoms with Crippen molar-refractivity contribution >= 4 is 31.1 Å². The van der Waals surface area contributed by atoms with Crippen LogP contribution in [0.5, 0.6) is 0 Å². The van der Waals surface area contributed by atoms with Crippen molar-refractivity contribution in [1.82, 2.24) is 0 Å². The first-order valence-corrected chi connectivity index (χ1v) is 7.83. The maximum absolute atomic E-state index is 9.31. The van der Waals surface area contributed by atoms with Gasteiger partial charge >= 0.3 is 18.2 Å². The fourth-order valence-corrected chi connectivity index (χ4v) is 2.91. The third kappa shape index (κ3) is 1.80. The molecule has 0 saturated heterocycles. The Hall–Kier alpha value is 0.0662. The van der Waals surface area contributed by atoms with Crippen LogP contribution in [0.4, 0.5) is 0 Å². The van der Waals surface area contributed by atoms with Crippen LogP contribution in [-0.4, -0.2) is 28.4 Å². The maximum Gasteiger partial charge on any atom is 0.512 e. The van der Waals surface area contributed by atoms with Crippen LogP contribution < -0.4 is 0 Å². The predicted octanol–water partition coefficient (Wildman–Crippen LogP) is 2.17. The quantitative estimate of drug-likeness (QED) is 0.674. The van der Waals surface area contributed by atoms with E-state index < -0.39 is 18.2 Å². The molecule has 0 aromatic carbocycles. The molecule has 0 spiro atoms. The molecule has 1 aliphatic rings. The van der Waals surface area contributed by atoms with Crippen molar-refractivity contribution < 1.29 is 10.2 Å². The molecule has 0 aromatic rings. The number of halogens is 1. The van der Waals surface area contributed by atoms with E-state index in [2.05, 4.69) is 19.5 Å². The van der Waals surface area contributed by atoms with E-state index in [1.165, 1.54) is 0 Å². The van der Waals surface area contributed by atoms with Crippen molar-refractivity contribution in [2.24, 2.45) is 0 Å². The molecule has 0 atom stereocenters. The molecule has 4 heteroatoms. The molecule has 56 valence electrons. The lowest BCUT2D eigenvalue weighted by molar-refractivity contribution is 0.340. The molecule has 0 heterocycles. The van der Waals surface area contributed by atoms with E-state index in [4.69, 9.17) is 0 Å². The fourth-order valence-electron chi connectivity index (χ4n) is 0.877. The van der Waals surface area contributed by atoms with E-state index in [9.17, 15) is 10.2 Å². The number of hydrogen-bond donors (Lipinski definition) is 2. The molecular formula is C7H7BrMgO2. The highest BCUT2D eigenvalue weighted by molar-refractivity contribution is 9.23. The highest BCUT2D eigenvalue weighted by Crippen LogP contribution is 2.24. The van der Waals surface area contributed by atoms with Gasteiger partial charge in [-0.2, -0.15) is 0 Å². The highest BCUT2D eigenvalue weighted by atomic mass is 79.9. The monoisotopic (exact) mass is 226 g/mol. The third-order valence-corrected chi connectivity index (χ3v) is 4.33. The van der Waals surface area contributed by atoms with E-state index in [1.54, 1.807) is 0 Å². The zero-order valence-corrected chi connectivity index (χ0v) is 8.97. The largest absolute Gasteiger partial charge is 0.512 e. The molecule has 2 N–H and O–H groups in total. The molecule has 0 radical (unpaired) electrons. The molecule has 0 saturated carbocycles. The van der Waals surface area contributed by atoms with E-state index in [0.717, 1.165) is 3.70 Å². The van der Waals surface area contributed by atoms with Gasteiger partial charge in [-0.3, -0.25) is 12.9 Å². The van der Waals surface area contributed by atoms with Crippen LogP contribution in [0.25, 0.3) is 0 Å². The minimum atomic E-state index is -0.569. The van der Waals surface area contributed by atoms with Gasteiger partial charge < -0.3 is 10.2 Å². The molecule has 11 heavy (non-hydrogen) atoms. The Morgan fingerprint density at radius 3 is 2.64 bits per heavy atom. The molecule has 0 aromatic heterocycles. The van der Waals surface area contributed by atoms with Crippen LogP contribution in [0.1, 0.15) is 6.42 Å². The van der Waals surface area contributed by atoms with E-state index in [-0.39, 0.29) is 11.5 Å². The van der Waals surface area contributed by atoms with Gasteiger partial charge in [0.15, 0.2) is 5.76 Å². The van der Waals surface area contributed by atoms with Gasteiger partial charge in [-0.1, -0.05) is 6.58 Å². The van der Waals surface area contributed by atoms with Crippen molar-refractivity contribution in [2.75, 3.05) is 0 Å². The van der Waals surface area contributed by atoms with E-state index in [1.807, 2.05) is 6.08 Å². The summed E-state index contributed by atoms with van der Waals surface area (Å²) < 4.78 is 0.856. The summed E-state index contributed by atoms with van der Waals surface area (Å²) >= 11 is 2.77. The summed E-state index contributed by atoms with van der Waals surface area (Å²) in [6.07, 6.45) is 2.54. The number of aliphatic hydroxyl groups excluding tert-OH is 2. The maximum atomic E-state index is 9.31. The van der Waals surface area contributed by atoms with Gasteiger partial charge in [0.25, 0.3) is 0 Å². The Bertz CT molecular complexity index is 255. The Morgan fingerprint density at radius 2 is 2.09 bits per heavy atom. The van der Waals surface area contributed by atoms with E-state index in [0.29, 0.717) is 12.0 Å². The molecule has 0 bridgehead atoms. The standard InChI is InChI=1S/C7H7O2.BrH.Mg/c1-5-3-2-4-6(8)7(5)9;;/h2,8-9H,1,3H2;1H;/q;;+1/p-1. The van der Waals surface area contributed by atoms with Gasteiger partial charge in [-0.15, -0.1) is 9.78 Å². The average molecular weight is 227 g/mol. The van der Waals surface area contributed by atoms with E-state index >= 15 is 0 Å². The van der Waals surface area contributed by atoms with Crippen molar-refractivity contribution in [3.8, 4) is 0 Å². The van der Waals surface area contributed by atoms with Gasteiger partial charge in [0.2, 0.25) is 0 Å². The summed E-state index contributed by atoms with van der Waals surface area (Å²) in [5.41, 5.74) is 0.584. The first kappa shape index (κ1) is 9.16. The Balaban J connectivity index is 2.99. The van der Waals surface area contributed by atoms with Crippen molar-refractivity contribution in [1.29, 1.82) is 0 Å². The van der Waals surface area contributed by atoms with Crippen molar-refractivity contribution in [3.63, 3.8) is 0 Å². The molecule has 2 nitrogen and oxygen atoms in total. The topological polar surface area (TPSA) is 40.5 Å². The summed E-state index contributed by atoms with van der Waals surface area (Å²) in [7, 11) is 0. The van der Waals surface area contributed by atoms with Crippen LogP contribution in [0.2, 0.25) is 0 Å². The summed E-state index contributed by atoms with van der Waals surface area (Å²) in [5, 5.41) is 18.6. The van der Waals surface area contributed by atoms with Crippen LogP contribution >= 0.6 is 12.9 Å². The normalized spacial score (nSPS) is 17.9. The molecule has 0 fully saturated rings. The zero-order valence-electron chi connectivity index (χ0n) is 5.97. The van der Waals surface area contributed by atoms with Crippen LogP contribution in [0, 0.1) is 0 Å². The lowest BCUT2D eigenvalue weighted by Gasteiger charge is -2.14. The average Bonchev–Trinajstić information content (AvgIpc) is 2.01. The Labute approximate surface area is 80.9 Å². The van der Waals surface area contributed by atoms with Gasteiger partial charge in [0.1, 0.15) is 5.76 Å². The minimum absolute atomic E-state index is 0.00444. The van der Waals surface area contributed by atoms with Gasteiger partial charge in [-0.25, -0.2) is 0 Å². The lowest BCUT2D eigenvalue weighted by atomic mass is 10.1. The first-order chi connectivity index (χ1) is 5.16. The number of aliphatic hydroxyl groups is 2. The SMILES string of the molecule is C=C1CC=[C]([Mg][Br])C(O)=C1O. The molecule has 0 amide bonds. The van der Waals surface area contributed by atoms with Crippen molar-refractivity contribution in [2.45, 2.75) is 6.42 Å². The summed E-state index contributed by atoms with van der Waals surface area (Å²) in [4.78, 5) is 0. The van der Waals surface area contributed by atoms with Crippen LogP contribution in [0.3, 0.4) is 0 Å². The molecule has 1 aliphatic carbocycles. The van der Waals surface area contributed by atoms with Gasteiger partial charge in [0.05, 0.1) is 0 Å². The van der Waals surface area contributed by atoms with Crippen LogP contribution in [0.15, 0.2) is 33.4 Å². The summed E-state index contributed by atoms with van der Waals surface area (Å²) in [5.74, 6) is -0.0424. The molecule has 1 rings (SSSR count). The summed E-state index contributed by atoms with van der Waals surface area (Å²) in [6, 6.07) is 0. The third-order valence-electron chi connectivity index (χ3n) is 1.60. The Kier molecular flexibility index (Phi) is 3.03. The minimum Gasteiger partial charge on any atom is -0.506 e. The second-order valence-electron chi connectivity index (χ2n) is 2.37. The second kappa shape index (κ2) is 3.65. The number of allylic oxidation sites excluding steroid dienone is 3. The zero-order chi connectivity index (χ0) is 8.43. The Morgan fingerprint density at radius 1 is 1.45 bits per heavy atom. The second-order valence-corrected chi connectivity index (χ2v) is 5.08. The first-order valence-electron chi connectivity index (χ1n) is 3.22. The fraction of sp³-hybridized carbons (Fsp3) is 0.143. The number of rotatable bonds is 1. The van der Waals surface area contributed by atoms with Crippen LogP contribution in [-0.2, 0) is 0 Å². The molecule has 0 unspecified atom stereocenters. The van der Waals surface area contributed by atoms with Gasteiger partial charge in [0, 0.05) is 0 Å². The lowest BCUT2D eigenvalue weighted by Crippen LogP contribution is -2.05. The number of hydrogen-bond acceptors (Lipinski definition) is 2. The highest BCUT2D eigenvalue weighted by Gasteiger charge is 2.16. The molecule has 0 aliphatic heterocycles. The summed E-state index contributed by atoms with van der Waals surface area (Å²) in [6.45, 7) is 3.60. The van der Waals surface area contributed by atoms with Crippen molar-refractivity contribution in [3.05, 3.63) is 33.4 Å². The van der Waals surface area contributed by atoms with Gasteiger partial charge in [-0.05, 0) is 12.0 Å². The smallest absolute Gasteiger partial charge is 0.506 e. The predicted molar refractivity (Wildman–Crippen MR) is 48.8 cm³/mol.